The van der Waals surface area contributed by atoms with Crippen LogP contribution in [0, 0.1) is 0 Å². The number of hydrogen-bond donors (Lipinski definition) is 0. The van der Waals surface area contributed by atoms with E-state index >= 15 is 0 Å². The van der Waals surface area contributed by atoms with Crippen LogP contribution in [0.5, 0.6) is 0 Å². The van der Waals surface area contributed by atoms with E-state index in [2.05, 4.69) is 26.8 Å². The zero-order valence-electron chi connectivity index (χ0n) is 7.04. The van der Waals surface area contributed by atoms with Crippen molar-refractivity contribution in [1.82, 2.24) is 0 Å². The molecule has 1 aliphatic rings. The van der Waals surface area contributed by atoms with Crippen LogP contribution in [0.25, 0.3) is 0 Å². The van der Waals surface area contributed by atoms with Gasteiger partial charge < -0.3 is 0 Å². The van der Waals surface area contributed by atoms with Crippen molar-refractivity contribution in [3.63, 3.8) is 0 Å². The fourth-order valence-electron chi connectivity index (χ4n) is 1.10. The van der Waals surface area contributed by atoms with Gasteiger partial charge in [0.2, 0.25) is 0 Å². The van der Waals surface area contributed by atoms with Crippen LogP contribution < -0.4 is 0 Å². The molecule has 0 saturated carbocycles. The zero-order chi connectivity index (χ0) is 8.85. The third-order valence-electron chi connectivity index (χ3n) is 1.68. The topological polar surface area (TPSA) is 0 Å². The first-order valence-electron chi connectivity index (χ1n) is 3.41. The SMILES string of the molecule is CC1=CC(C)=C(C)C1.[Cl][Zr][Cl]. The van der Waals surface area contributed by atoms with Gasteiger partial charge in [-0.15, -0.1) is 0 Å². The van der Waals surface area contributed by atoms with Gasteiger partial charge in [-0.1, -0.05) is 22.8 Å². The van der Waals surface area contributed by atoms with E-state index in [1.807, 2.05) is 0 Å². The predicted octanol–water partition coefficient (Wildman–Crippen LogP) is 4.05. The van der Waals surface area contributed by atoms with Gasteiger partial charge in [0, 0.05) is 0 Å². The van der Waals surface area contributed by atoms with Crippen LogP contribution in [0.4, 0.5) is 0 Å². The molecule has 0 aromatic heterocycles. The molecule has 0 aromatic rings. The summed E-state index contributed by atoms with van der Waals surface area (Å²) in [6.45, 7) is 6.55. The predicted molar refractivity (Wildman–Crippen MR) is 48.5 cm³/mol. The van der Waals surface area contributed by atoms with E-state index in [0.717, 1.165) is 0 Å². The van der Waals surface area contributed by atoms with E-state index in [9.17, 15) is 0 Å². The third-order valence-corrected chi connectivity index (χ3v) is 1.68. The Morgan fingerprint density at radius 2 is 1.73 bits per heavy atom. The Labute approximate surface area is 87.3 Å². The van der Waals surface area contributed by atoms with Crippen molar-refractivity contribution in [2.24, 2.45) is 0 Å². The van der Waals surface area contributed by atoms with Gasteiger partial charge in [-0.2, -0.15) is 0 Å². The monoisotopic (exact) mass is 268 g/mol. The number of rotatable bonds is 0. The summed E-state index contributed by atoms with van der Waals surface area (Å²) in [4.78, 5) is 0. The minimum atomic E-state index is -0.826. The van der Waals surface area contributed by atoms with Crippen LogP contribution in [0.1, 0.15) is 27.2 Å². The molecule has 11 heavy (non-hydrogen) atoms. The third kappa shape index (κ3) is 5.22. The first-order valence-corrected chi connectivity index (χ1v) is 9.74. The Balaban J connectivity index is 0.000000292. The van der Waals surface area contributed by atoms with Gasteiger partial charge in [-0.3, -0.25) is 0 Å². The molecule has 62 valence electrons. The molecule has 0 unspecified atom stereocenters. The molecular formula is C8H12Cl2Zr. The molecule has 0 aromatic carbocycles. The Kier molecular flexibility index (Phi) is 7.01. The molecule has 0 amide bonds. The van der Waals surface area contributed by atoms with Crippen molar-refractivity contribution in [3.8, 4) is 0 Å². The summed E-state index contributed by atoms with van der Waals surface area (Å²) < 4.78 is 0. The molecule has 1 aliphatic carbocycles. The summed E-state index contributed by atoms with van der Waals surface area (Å²) in [6, 6.07) is 0. The van der Waals surface area contributed by atoms with Crippen molar-refractivity contribution in [1.29, 1.82) is 0 Å². The average molecular weight is 270 g/mol. The van der Waals surface area contributed by atoms with Gasteiger partial charge in [0.1, 0.15) is 0 Å². The van der Waals surface area contributed by atoms with E-state index < -0.39 is 20.8 Å². The van der Waals surface area contributed by atoms with Crippen LogP contribution in [-0.2, 0) is 20.8 Å². The molecule has 0 spiro atoms. The molecule has 0 saturated heterocycles. The van der Waals surface area contributed by atoms with Gasteiger partial charge in [-0.25, -0.2) is 0 Å². The summed E-state index contributed by atoms with van der Waals surface area (Å²) in [5.41, 5.74) is 4.49. The normalized spacial score (nSPS) is 15.5. The summed E-state index contributed by atoms with van der Waals surface area (Å²) in [5, 5.41) is 0. The quantitative estimate of drug-likeness (QED) is 0.623. The molecule has 0 N–H and O–H groups in total. The summed E-state index contributed by atoms with van der Waals surface area (Å²) in [5.74, 6) is 0. The second kappa shape index (κ2) is 6.46. The summed E-state index contributed by atoms with van der Waals surface area (Å²) >= 11 is -0.826. The molecule has 0 aliphatic heterocycles. The minimum absolute atomic E-state index is 0.826. The molecule has 0 fully saturated rings. The first kappa shape index (κ1) is 11.9. The number of allylic oxidation sites excluding steroid dienone is 4. The van der Waals surface area contributed by atoms with E-state index in [1.165, 1.54) is 23.1 Å². The Morgan fingerprint density at radius 3 is 1.82 bits per heavy atom. The van der Waals surface area contributed by atoms with E-state index in [-0.39, 0.29) is 0 Å². The van der Waals surface area contributed by atoms with Crippen molar-refractivity contribution in [3.05, 3.63) is 22.8 Å². The maximum absolute atomic E-state index is 4.93. The van der Waals surface area contributed by atoms with Crippen molar-refractivity contribution in [2.45, 2.75) is 27.2 Å². The van der Waals surface area contributed by atoms with Gasteiger partial charge in [0.15, 0.2) is 0 Å². The standard InChI is InChI=1S/C8H12.2ClH.Zr/c1-6-4-7(2)8(3)5-6;;;/h4H,5H2,1-3H3;2*1H;/q;;;+2/p-2. The Bertz CT molecular complexity index is 183. The van der Waals surface area contributed by atoms with E-state index in [0.29, 0.717) is 0 Å². The Morgan fingerprint density at radius 1 is 1.27 bits per heavy atom. The fraction of sp³-hybridized carbons (Fsp3) is 0.500. The van der Waals surface area contributed by atoms with E-state index in [4.69, 9.17) is 17.0 Å². The molecule has 0 atom stereocenters. The molecule has 0 radical (unpaired) electrons. The van der Waals surface area contributed by atoms with Gasteiger partial charge >= 0.3 is 37.9 Å². The van der Waals surface area contributed by atoms with Crippen LogP contribution in [-0.4, -0.2) is 0 Å². The summed E-state index contributed by atoms with van der Waals surface area (Å²) in [6.07, 6.45) is 3.46. The van der Waals surface area contributed by atoms with E-state index in [1.54, 1.807) is 0 Å². The number of hydrogen-bond acceptors (Lipinski definition) is 0. The van der Waals surface area contributed by atoms with Crippen molar-refractivity contribution >= 4 is 17.0 Å². The summed E-state index contributed by atoms with van der Waals surface area (Å²) in [7, 11) is 9.87. The van der Waals surface area contributed by atoms with Crippen LogP contribution in [0.2, 0.25) is 0 Å². The van der Waals surface area contributed by atoms with Gasteiger partial charge in [0.05, 0.1) is 0 Å². The second-order valence-corrected chi connectivity index (χ2v) is 6.43. The fourth-order valence-corrected chi connectivity index (χ4v) is 1.10. The van der Waals surface area contributed by atoms with Crippen LogP contribution >= 0.6 is 17.0 Å². The average Bonchev–Trinajstić information content (AvgIpc) is 2.12. The van der Waals surface area contributed by atoms with Gasteiger partial charge in [0.25, 0.3) is 0 Å². The Hall–Kier alpha value is 0.943. The molecular weight excluding hydrogens is 258 g/mol. The zero-order valence-corrected chi connectivity index (χ0v) is 11.0. The molecule has 1 rings (SSSR count). The van der Waals surface area contributed by atoms with Gasteiger partial charge in [-0.05, 0) is 27.2 Å². The molecule has 0 nitrogen and oxygen atoms in total. The molecule has 0 bridgehead atoms. The van der Waals surface area contributed by atoms with Crippen molar-refractivity contribution in [2.75, 3.05) is 0 Å². The van der Waals surface area contributed by atoms with Crippen LogP contribution in [0.3, 0.4) is 0 Å². The maximum atomic E-state index is 4.93. The van der Waals surface area contributed by atoms with Crippen LogP contribution in [0.15, 0.2) is 22.8 Å². The number of halogens is 2. The first-order chi connectivity index (χ1) is 5.11. The molecule has 0 heterocycles. The second-order valence-electron chi connectivity index (χ2n) is 2.70. The molecule has 3 heteroatoms. The van der Waals surface area contributed by atoms with Crippen molar-refractivity contribution < 1.29 is 20.8 Å².